The van der Waals surface area contributed by atoms with Crippen LogP contribution in [-0.4, -0.2) is 14.5 Å². The largest absolute Gasteiger partial charge is 0.309 e. The molecular weight excluding hydrogens is 571 g/mol. The number of fused-ring (bicyclic) bond motifs is 10. The Morgan fingerprint density at radius 1 is 0.511 bits per heavy atom. The molecule has 0 unspecified atom stereocenters. The Labute approximate surface area is 272 Å². The Kier molecular flexibility index (Phi) is 6.12. The van der Waals surface area contributed by atoms with E-state index >= 15 is 0 Å². The standard InChI is InChI=1S/C44H29N3/c1-3-32-38(4-2)45-44(46-42(32)29-16-6-5-7-17-29)30-18-14-19-31(27-30)47-39-24-13-12-23-36(39)41-35-22-11-10-21-34(35)40-33-20-9-8-15-28(33)25-26-37(40)43(41)47/h3-27H,1-2H2. The van der Waals surface area contributed by atoms with Gasteiger partial charge in [0.25, 0.3) is 0 Å². The molecular formula is C44H29N3. The van der Waals surface area contributed by atoms with Crippen LogP contribution in [-0.2, 0) is 0 Å². The Hall–Kier alpha value is -6.32. The first-order valence-corrected chi connectivity index (χ1v) is 15.8. The Morgan fingerprint density at radius 2 is 1.19 bits per heavy atom. The molecule has 0 bridgehead atoms. The van der Waals surface area contributed by atoms with E-state index in [1.54, 1.807) is 6.08 Å². The SMILES string of the molecule is C=Cc1nc(-c2cccc(-n3c4ccccc4c4c5ccccc5c5c6ccccc6ccc5c43)c2)nc(-c2ccccc2)c1C=C. The van der Waals surface area contributed by atoms with Crippen molar-refractivity contribution in [3.63, 3.8) is 0 Å². The van der Waals surface area contributed by atoms with Crippen LogP contribution < -0.4 is 0 Å². The van der Waals surface area contributed by atoms with Gasteiger partial charge in [-0.05, 0) is 51.2 Å². The van der Waals surface area contributed by atoms with Crippen LogP contribution in [0, 0.1) is 0 Å². The van der Waals surface area contributed by atoms with Gasteiger partial charge in [-0.2, -0.15) is 0 Å². The van der Waals surface area contributed by atoms with Gasteiger partial charge in [-0.25, -0.2) is 9.97 Å². The number of hydrogen-bond acceptors (Lipinski definition) is 2. The van der Waals surface area contributed by atoms with Crippen LogP contribution in [0.1, 0.15) is 11.3 Å². The van der Waals surface area contributed by atoms with Crippen molar-refractivity contribution >= 4 is 66.3 Å². The van der Waals surface area contributed by atoms with Crippen LogP contribution in [0.25, 0.3) is 94.6 Å². The summed E-state index contributed by atoms with van der Waals surface area (Å²) in [5.41, 5.74) is 7.82. The molecule has 0 N–H and O–H groups in total. The molecule has 0 saturated carbocycles. The molecule has 0 amide bonds. The first kappa shape index (κ1) is 27.0. The minimum atomic E-state index is 0.647. The number of aromatic nitrogens is 3. The average Bonchev–Trinajstić information content (AvgIpc) is 3.50. The summed E-state index contributed by atoms with van der Waals surface area (Å²) < 4.78 is 2.42. The molecule has 0 atom stereocenters. The summed E-state index contributed by atoms with van der Waals surface area (Å²) >= 11 is 0. The van der Waals surface area contributed by atoms with Crippen molar-refractivity contribution in [3.8, 4) is 28.3 Å². The van der Waals surface area contributed by atoms with Crippen LogP contribution in [0.15, 0.2) is 153 Å². The van der Waals surface area contributed by atoms with Crippen molar-refractivity contribution in [2.45, 2.75) is 0 Å². The number of rotatable bonds is 5. The quantitative estimate of drug-likeness (QED) is 0.184. The smallest absolute Gasteiger partial charge is 0.160 e. The van der Waals surface area contributed by atoms with Gasteiger partial charge in [0, 0.05) is 38.5 Å². The first-order valence-electron chi connectivity index (χ1n) is 15.8. The molecule has 9 aromatic rings. The molecule has 0 saturated heterocycles. The predicted octanol–water partition coefficient (Wildman–Crippen LogP) is 11.7. The lowest BCUT2D eigenvalue weighted by atomic mass is 9.93. The summed E-state index contributed by atoms with van der Waals surface area (Å²) in [6, 6.07) is 49.6. The summed E-state index contributed by atoms with van der Waals surface area (Å²) in [4.78, 5) is 10.1. The van der Waals surface area contributed by atoms with Crippen molar-refractivity contribution in [1.29, 1.82) is 0 Å². The first-order chi connectivity index (χ1) is 23.2. The monoisotopic (exact) mass is 599 g/mol. The zero-order valence-corrected chi connectivity index (χ0v) is 25.7. The minimum absolute atomic E-state index is 0.647. The van der Waals surface area contributed by atoms with Gasteiger partial charge < -0.3 is 4.57 Å². The second-order valence-electron chi connectivity index (χ2n) is 11.9. The van der Waals surface area contributed by atoms with Crippen LogP contribution >= 0.6 is 0 Å². The molecule has 9 rings (SSSR count). The lowest BCUT2D eigenvalue weighted by Crippen LogP contribution is -2.01. The van der Waals surface area contributed by atoms with Crippen molar-refractivity contribution in [3.05, 3.63) is 164 Å². The van der Waals surface area contributed by atoms with Gasteiger partial charge in [-0.1, -0.05) is 141 Å². The summed E-state index contributed by atoms with van der Waals surface area (Å²) in [5, 5.41) is 10.0. The second-order valence-corrected chi connectivity index (χ2v) is 11.9. The average molecular weight is 600 g/mol. The highest BCUT2D eigenvalue weighted by molar-refractivity contribution is 6.36. The van der Waals surface area contributed by atoms with Crippen molar-refractivity contribution in [2.75, 3.05) is 0 Å². The van der Waals surface area contributed by atoms with E-state index in [4.69, 9.17) is 9.97 Å². The van der Waals surface area contributed by atoms with E-state index in [0.717, 1.165) is 39.3 Å². The van der Waals surface area contributed by atoms with Gasteiger partial charge in [0.15, 0.2) is 5.82 Å². The zero-order valence-electron chi connectivity index (χ0n) is 25.7. The highest BCUT2D eigenvalue weighted by Gasteiger charge is 2.21. The van der Waals surface area contributed by atoms with Crippen LogP contribution in [0.3, 0.4) is 0 Å². The number of hydrogen-bond donors (Lipinski definition) is 0. The molecule has 2 aromatic heterocycles. The summed E-state index contributed by atoms with van der Waals surface area (Å²) in [6.45, 7) is 8.14. The number of nitrogens with zero attached hydrogens (tertiary/aromatic N) is 3. The molecule has 0 radical (unpaired) electrons. The maximum Gasteiger partial charge on any atom is 0.160 e. The molecule has 0 spiro atoms. The molecule has 0 aliphatic carbocycles. The topological polar surface area (TPSA) is 30.7 Å². The van der Waals surface area contributed by atoms with Crippen molar-refractivity contribution < 1.29 is 0 Å². The van der Waals surface area contributed by atoms with E-state index in [1.165, 1.54) is 48.6 Å². The fourth-order valence-electron chi connectivity index (χ4n) is 7.29. The van der Waals surface area contributed by atoms with Gasteiger partial charge in [0.05, 0.1) is 22.4 Å². The highest BCUT2D eigenvalue weighted by atomic mass is 15.0. The Morgan fingerprint density at radius 3 is 1.98 bits per heavy atom. The fourth-order valence-corrected chi connectivity index (χ4v) is 7.29. The van der Waals surface area contributed by atoms with Crippen LogP contribution in [0.4, 0.5) is 0 Å². The second kappa shape index (κ2) is 10.6. The van der Waals surface area contributed by atoms with Gasteiger partial charge in [0.1, 0.15) is 0 Å². The normalized spacial score (nSPS) is 11.6. The van der Waals surface area contributed by atoms with E-state index in [0.29, 0.717) is 5.82 Å². The third kappa shape index (κ3) is 4.07. The summed E-state index contributed by atoms with van der Waals surface area (Å²) in [7, 11) is 0. The van der Waals surface area contributed by atoms with Gasteiger partial charge in [-0.15, -0.1) is 0 Å². The molecule has 3 nitrogen and oxygen atoms in total. The van der Waals surface area contributed by atoms with E-state index in [2.05, 4.69) is 139 Å². The zero-order chi connectivity index (χ0) is 31.5. The molecule has 0 aliphatic rings. The maximum absolute atomic E-state index is 5.13. The third-order valence-electron chi connectivity index (χ3n) is 9.31. The lowest BCUT2D eigenvalue weighted by Gasteiger charge is -2.15. The van der Waals surface area contributed by atoms with Crippen LogP contribution in [0.2, 0.25) is 0 Å². The molecule has 0 aliphatic heterocycles. The molecule has 47 heavy (non-hydrogen) atoms. The van der Waals surface area contributed by atoms with E-state index in [1.807, 2.05) is 24.3 Å². The highest BCUT2D eigenvalue weighted by Crippen LogP contribution is 2.44. The van der Waals surface area contributed by atoms with Crippen molar-refractivity contribution in [1.82, 2.24) is 14.5 Å². The lowest BCUT2D eigenvalue weighted by molar-refractivity contribution is 1.14. The molecule has 2 heterocycles. The fraction of sp³-hybridized carbons (Fsp3) is 0. The van der Waals surface area contributed by atoms with Gasteiger partial charge in [0.2, 0.25) is 0 Å². The van der Waals surface area contributed by atoms with E-state index in [9.17, 15) is 0 Å². The number of para-hydroxylation sites is 1. The number of benzene rings is 7. The molecule has 0 fully saturated rings. The molecule has 7 aromatic carbocycles. The van der Waals surface area contributed by atoms with Crippen molar-refractivity contribution in [2.24, 2.45) is 0 Å². The Bertz CT molecular complexity index is 2720. The van der Waals surface area contributed by atoms with Gasteiger partial charge >= 0.3 is 0 Å². The molecule has 3 heteroatoms. The predicted molar refractivity (Wildman–Crippen MR) is 200 cm³/mol. The van der Waals surface area contributed by atoms with E-state index < -0.39 is 0 Å². The van der Waals surface area contributed by atoms with Crippen LogP contribution in [0.5, 0.6) is 0 Å². The summed E-state index contributed by atoms with van der Waals surface area (Å²) in [6.07, 6.45) is 3.60. The maximum atomic E-state index is 5.13. The Balaban J connectivity index is 1.38. The summed E-state index contributed by atoms with van der Waals surface area (Å²) in [5.74, 6) is 0.647. The molecule has 220 valence electrons. The third-order valence-corrected chi connectivity index (χ3v) is 9.31. The minimum Gasteiger partial charge on any atom is -0.309 e. The van der Waals surface area contributed by atoms with Gasteiger partial charge in [-0.3, -0.25) is 0 Å². The van der Waals surface area contributed by atoms with E-state index in [-0.39, 0.29) is 0 Å².